The molecule has 0 atom stereocenters. The summed E-state index contributed by atoms with van der Waals surface area (Å²) in [4.78, 5) is 16.3. The second-order valence-electron chi connectivity index (χ2n) is 5.07. The quantitative estimate of drug-likeness (QED) is 0.670. The molecule has 80 valence electrons. The van der Waals surface area contributed by atoms with E-state index in [0.29, 0.717) is 6.42 Å². The van der Waals surface area contributed by atoms with Crippen LogP contribution in [0.2, 0.25) is 0 Å². The predicted molar refractivity (Wildman–Crippen MR) is 63.7 cm³/mol. The maximum atomic E-state index is 12.1. The van der Waals surface area contributed by atoms with Crippen molar-refractivity contribution in [1.29, 1.82) is 0 Å². The normalized spacial score (nSPS) is 17.8. The van der Waals surface area contributed by atoms with E-state index in [2.05, 4.69) is 18.8 Å². The van der Waals surface area contributed by atoms with Crippen LogP contribution in [0.1, 0.15) is 36.2 Å². The van der Waals surface area contributed by atoms with E-state index in [-0.39, 0.29) is 11.2 Å². The van der Waals surface area contributed by atoms with Crippen molar-refractivity contribution in [2.45, 2.75) is 25.7 Å². The fourth-order valence-electron chi connectivity index (χ4n) is 2.57. The van der Waals surface area contributed by atoms with E-state index in [4.69, 9.17) is 0 Å². The third kappa shape index (κ3) is 1.13. The highest BCUT2D eigenvalue weighted by molar-refractivity contribution is 6.12. The van der Waals surface area contributed by atoms with Gasteiger partial charge in [0, 0.05) is 29.8 Å². The second-order valence-corrected chi connectivity index (χ2v) is 5.07. The maximum Gasteiger partial charge on any atom is 0.164 e. The van der Waals surface area contributed by atoms with Crippen molar-refractivity contribution in [1.82, 2.24) is 4.98 Å². The van der Waals surface area contributed by atoms with Gasteiger partial charge in [0.15, 0.2) is 5.78 Å². The van der Waals surface area contributed by atoms with Crippen molar-refractivity contribution < 1.29 is 4.79 Å². The van der Waals surface area contributed by atoms with Crippen LogP contribution in [0, 0.1) is 0 Å². The lowest BCUT2D eigenvalue weighted by Crippen LogP contribution is -2.27. The fraction of sp³-hybridized carbons (Fsp3) is 0.286. The minimum atomic E-state index is -0.0993. The van der Waals surface area contributed by atoms with Gasteiger partial charge in [0.2, 0.25) is 0 Å². The third-order valence-electron chi connectivity index (χ3n) is 3.42. The molecular weight excluding hydrogens is 198 g/mol. The molecule has 0 spiro atoms. The number of ketones is 1. The molecule has 1 heterocycles. The lowest BCUT2D eigenvalue weighted by Gasteiger charge is -2.30. The molecular formula is C14H13NO. The number of carbonyl (C=O) groups is 1. The summed E-state index contributed by atoms with van der Waals surface area (Å²) in [5.41, 5.74) is 1.95. The highest BCUT2D eigenvalue weighted by Gasteiger charge is 2.33. The SMILES string of the molecule is CC1(C)CC(=O)c2cccc3cncc1c23. The molecule has 1 aliphatic rings. The van der Waals surface area contributed by atoms with Crippen LogP contribution >= 0.6 is 0 Å². The third-order valence-corrected chi connectivity index (χ3v) is 3.42. The first-order valence-corrected chi connectivity index (χ1v) is 5.50. The Labute approximate surface area is 94.3 Å². The minimum Gasteiger partial charge on any atom is -0.294 e. The Hall–Kier alpha value is -1.70. The number of nitrogens with zero attached hydrogens (tertiary/aromatic N) is 1. The first-order chi connectivity index (χ1) is 7.59. The van der Waals surface area contributed by atoms with E-state index in [0.717, 1.165) is 16.3 Å². The summed E-state index contributed by atoms with van der Waals surface area (Å²) in [6, 6.07) is 5.87. The van der Waals surface area contributed by atoms with E-state index >= 15 is 0 Å². The smallest absolute Gasteiger partial charge is 0.164 e. The molecule has 0 aliphatic heterocycles. The summed E-state index contributed by atoms with van der Waals surface area (Å²) in [7, 11) is 0. The summed E-state index contributed by atoms with van der Waals surface area (Å²) in [6.07, 6.45) is 4.31. The molecule has 0 unspecified atom stereocenters. The molecule has 0 fully saturated rings. The highest BCUT2D eigenvalue weighted by atomic mass is 16.1. The Kier molecular flexibility index (Phi) is 1.73. The van der Waals surface area contributed by atoms with Crippen LogP contribution in [-0.2, 0) is 5.41 Å². The summed E-state index contributed by atoms with van der Waals surface area (Å²) >= 11 is 0. The van der Waals surface area contributed by atoms with Gasteiger partial charge >= 0.3 is 0 Å². The van der Waals surface area contributed by atoms with E-state index in [1.54, 1.807) is 0 Å². The molecule has 0 bridgehead atoms. The number of rotatable bonds is 0. The van der Waals surface area contributed by atoms with Gasteiger partial charge in [-0.2, -0.15) is 0 Å². The van der Waals surface area contributed by atoms with E-state index in [1.165, 1.54) is 5.56 Å². The van der Waals surface area contributed by atoms with Gasteiger partial charge in [0.25, 0.3) is 0 Å². The van der Waals surface area contributed by atoms with Crippen molar-refractivity contribution >= 4 is 16.6 Å². The van der Waals surface area contributed by atoms with Crippen molar-refractivity contribution in [3.8, 4) is 0 Å². The Morgan fingerprint density at radius 3 is 2.88 bits per heavy atom. The zero-order valence-corrected chi connectivity index (χ0v) is 9.45. The molecule has 0 saturated heterocycles. The van der Waals surface area contributed by atoms with E-state index < -0.39 is 0 Å². The molecule has 1 aliphatic carbocycles. The lowest BCUT2D eigenvalue weighted by atomic mass is 9.72. The molecule has 1 aromatic carbocycles. The number of pyridine rings is 1. The van der Waals surface area contributed by atoms with Crippen molar-refractivity contribution in [3.05, 3.63) is 41.7 Å². The van der Waals surface area contributed by atoms with Crippen molar-refractivity contribution in [2.75, 3.05) is 0 Å². The monoisotopic (exact) mass is 211 g/mol. The topological polar surface area (TPSA) is 30.0 Å². The van der Waals surface area contributed by atoms with Gasteiger partial charge < -0.3 is 0 Å². The number of hydrogen-bond donors (Lipinski definition) is 0. The molecule has 1 aromatic heterocycles. The van der Waals surface area contributed by atoms with Gasteiger partial charge in [-0.25, -0.2) is 0 Å². The van der Waals surface area contributed by atoms with Crippen LogP contribution in [0.5, 0.6) is 0 Å². The Balaban J connectivity index is 2.52. The van der Waals surface area contributed by atoms with Gasteiger partial charge in [-0.3, -0.25) is 9.78 Å². The first kappa shape index (κ1) is 9.52. The number of hydrogen-bond acceptors (Lipinski definition) is 2. The Morgan fingerprint density at radius 1 is 1.25 bits per heavy atom. The zero-order valence-electron chi connectivity index (χ0n) is 9.45. The van der Waals surface area contributed by atoms with Crippen LogP contribution < -0.4 is 0 Å². The van der Waals surface area contributed by atoms with Gasteiger partial charge in [0.05, 0.1) is 0 Å². The predicted octanol–water partition coefficient (Wildman–Crippen LogP) is 3.10. The molecule has 2 heteroatoms. The molecule has 16 heavy (non-hydrogen) atoms. The van der Waals surface area contributed by atoms with Gasteiger partial charge in [0.1, 0.15) is 0 Å². The number of aromatic nitrogens is 1. The van der Waals surface area contributed by atoms with Crippen LogP contribution in [0.25, 0.3) is 10.8 Å². The Bertz CT molecular complexity index is 593. The van der Waals surface area contributed by atoms with E-state index in [1.807, 2.05) is 30.6 Å². The molecule has 0 radical (unpaired) electrons. The van der Waals surface area contributed by atoms with Crippen molar-refractivity contribution in [2.24, 2.45) is 0 Å². The van der Waals surface area contributed by atoms with Gasteiger partial charge in [-0.1, -0.05) is 32.0 Å². The average molecular weight is 211 g/mol. The lowest BCUT2D eigenvalue weighted by molar-refractivity contribution is 0.0955. The standard InChI is InChI=1S/C14H13NO/c1-14(2)6-12(16)10-5-3-4-9-7-15-8-11(14)13(9)10/h3-5,7-8H,6H2,1-2H3. The van der Waals surface area contributed by atoms with Gasteiger partial charge in [-0.15, -0.1) is 0 Å². The van der Waals surface area contributed by atoms with E-state index in [9.17, 15) is 4.79 Å². The number of carbonyl (C=O) groups excluding carboxylic acids is 1. The van der Waals surface area contributed by atoms with Crippen molar-refractivity contribution in [3.63, 3.8) is 0 Å². The minimum absolute atomic E-state index is 0.0993. The fourth-order valence-corrected chi connectivity index (χ4v) is 2.57. The van der Waals surface area contributed by atoms with Crippen LogP contribution in [0.3, 0.4) is 0 Å². The van der Waals surface area contributed by atoms with Crippen LogP contribution in [0.15, 0.2) is 30.6 Å². The second kappa shape index (κ2) is 2.91. The maximum absolute atomic E-state index is 12.1. The summed E-state index contributed by atoms with van der Waals surface area (Å²) < 4.78 is 0. The molecule has 2 nitrogen and oxygen atoms in total. The molecule has 0 N–H and O–H groups in total. The first-order valence-electron chi connectivity index (χ1n) is 5.50. The number of benzene rings is 1. The largest absolute Gasteiger partial charge is 0.294 e. The summed E-state index contributed by atoms with van der Waals surface area (Å²) in [6.45, 7) is 4.22. The number of Topliss-reactive ketones (excluding diaryl/α,β-unsaturated/α-hetero) is 1. The molecule has 3 rings (SSSR count). The summed E-state index contributed by atoms with van der Waals surface area (Å²) in [5, 5.41) is 2.16. The van der Waals surface area contributed by atoms with Crippen LogP contribution in [-0.4, -0.2) is 10.8 Å². The zero-order chi connectivity index (χ0) is 11.3. The highest BCUT2D eigenvalue weighted by Crippen LogP contribution is 2.39. The molecule has 0 saturated carbocycles. The van der Waals surface area contributed by atoms with Gasteiger partial charge in [-0.05, 0) is 16.4 Å². The Morgan fingerprint density at radius 2 is 2.06 bits per heavy atom. The molecule has 2 aromatic rings. The molecule has 0 amide bonds. The summed E-state index contributed by atoms with van der Waals surface area (Å²) in [5.74, 6) is 0.245. The average Bonchev–Trinajstić information content (AvgIpc) is 2.25. The van der Waals surface area contributed by atoms with Crippen LogP contribution in [0.4, 0.5) is 0 Å².